The molecule has 0 aliphatic carbocycles. The summed E-state index contributed by atoms with van der Waals surface area (Å²) in [6, 6.07) is 3.82. The number of aromatic nitrogens is 3. The third kappa shape index (κ3) is 3.42. The van der Waals surface area contributed by atoms with Gasteiger partial charge in [-0.25, -0.2) is 13.4 Å². The third-order valence-electron chi connectivity index (χ3n) is 5.51. The van der Waals surface area contributed by atoms with Crippen LogP contribution in [-0.4, -0.2) is 65.5 Å². The number of pyridine rings is 1. The summed E-state index contributed by atoms with van der Waals surface area (Å²) < 4.78 is 29.7. The minimum atomic E-state index is -3.64. The second kappa shape index (κ2) is 7.75. The Labute approximate surface area is 180 Å². The van der Waals surface area contributed by atoms with Crippen molar-refractivity contribution in [3.63, 3.8) is 0 Å². The van der Waals surface area contributed by atoms with Crippen molar-refractivity contribution in [3.05, 3.63) is 40.7 Å². The van der Waals surface area contributed by atoms with Crippen LogP contribution in [0.1, 0.15) is 40.2 Å². The highest BCUT2D eigenvalue weighted by molar-refractivity contribution is 7.89. The molecule has 30 heavy (non-hydrogen) atoms. The van der Waals surface area contributed by atoms with Crippen LogP contribution in [0.3, 0.4) is 0 Å². The van der Waals surface area contributed by atoms with Gasteiger partial charge in [-0.1, -0.05) is 6.07 Å². The van der Waals surface area contributed by atoms with Crippen molar-refractivity contribution in [2.24, 2.45) is 0 Å². The first-order valence-corrected chi connectivity index (χ1v) is 12.1. The molecule has 1 atom stereocenters. The number of amides is 1. The molecule has 0 bridgehead atoms. The molecule has 1 aliphatic heterocycles. The maximum absolute atomic E-state index is 13.3. The van der Waals surface area contributed by atoms with Gasteiger partial charge in [-0.3, -0.25) is 9.48 Å². The number of carbonyl (C=O) groups excluding carboxylic acids is 1. The predicted octanol–water partition coefficient (Wildman–Crippen LogP) is 2.70. The molecule has 0 spiro atoms. The van der Waals surface area contributed by atoms with Crippen molar-refractivity contribution in [2.45, 2.75) is 37.6 Å². The van der Waals surface area contributed by atoms with Crippen LogP contribution in [-0.2, 0) is 16.6 Å². The van der Waals surface area contributed by atoms with Crippen LogP contribution in [0.4, 0.5) is 0 Å². The number of nitrogens with zero attached hydrogens (tertiary/aromatic N) is 5. The molecule has 3 aromatic rings. The SMILES string of the molecule is CCn1cc(S(=O)(=O)N2CC[C@H](c3c(C(=O)N(C)C)sc4ncccc34)C2)c(C)n1. The fourth-order valence-corrected chi connectivity index (χ4v) is 6.87. The third-order valence-corrected chi connectivity index (χ3v) is 8.59. The average molecular weight is 448 g/mol. The predicted molar refractivity (Wildman–Crippen MR) is 116 cm³/mol. The van der Waals surface area contributed by atoms with Crippen LogP contribution in [0.25, 0.3) is 10.2 Å². The van der Waals surface area contributed by atoms with Crippen molar-refractivity contribution in [2.75, 3.05) is 27.2 Å². The lowest BCUT2D eigenvalue weighted by Crippen LogP contribution is -2.29. The lowest BCUT2D eigenvalue weighted by molar-refractivity contribution is 0.0831. The molecule has 1 aliphatic rings. The molecule has 3 aromatic heterocycles. The number of hydrogen-bond donors (Lipinski definition) is 0. The zero-order chi connectivity index (χ0) is 21.6. The lowest BCUT2D eigenvalue weighted by atomic mass is 9.95. The van der Waals surface area contributed by atoms with Crippen molar-refractivity contribution in [1.82, 2.24) is 24.0 Å². The summed E-state index contributed by atoms with van der Waals surface area (Å²) in [6.07, 6.45) is 3.98. The van der Waals surface area contributed by atoms with Gasteiger partial charge in [-0.05, 0) is 31.9 Å². The zero-order valence-corrected chi connectivity index (χ0v) is 19.1. The van der Waals surface area contributed by atoms with Crippen LogP contribution >= 0.6 is 11.3 Å². The van der Waals surface area contributed by atoms with Gasteiger partial charge in [0.25, 0.3) is 5.91 Å². The molecule has 1 saturated heterocycles. The van der Waals surface area contributed by atoms with E-state index in [1.165, 1.54) is 15.6 Å². The second-order valence-electron chi connectivity index (χ2n) is 7.68. The molecule has 1 fully saturated rings. The molecule has 0 unspecified atom stereocenters. The largest absolute Gasteiger partial charge is 0.344 e. The van der Waals surface area contributed by atoms with Gasteiger partial charge in [-0.2, -0.15) is 9.40 Å². The summed E-state index contributed by atoms with van der Waals surface area (Å²) in [5.41, 5.74) is 1.43. The van der Waals surface area contributed by atoms with Crippen molar-refractivity contribution in [3.8, 4) is 0 Å². The van der Waals surface area contributed by atoms with Crippen LogP contribution in [0.15, 0.2) is 29.4 Å². The molecule has 10 heteroatoms. The van der Waals surface area contributed by atoms with Gasteiger partial charge in [0.05, 0.1) is 10.6 Å². The fraction of sp³-hybridized carbons (Fsp3) is 0.450. The number of thiophene rings is 1. The average Bonchev–Trinajstić information content (AvgIpc) is 3.43. The smallest absolute Gasteiger partial charge is 0.263 e. The first-order chi connectivity index (χ1) is 14.2. The Morgan fingerprint density at radius 3 is 2.80 bits per heavy atom. The highest BCUT2D eigenvalue weighted by Crippen LogP contribution is 2.41. The van der Waals surface area contributed by atoms with Gasteiger partial charge in [0.1, 0.15) is 9.73 Å². The minimum Gasteiger partial charge on any atom is -0.344 e. The van der Waals surface area contributed by atoms with Gasteiger partial charge in [0.15, 0.2) is 0 Å². The van der Waals surface area contributed by atoms with Crippen molar-refractivity contribution in [1.29, 1.82) is 0 Å². The standard InChI is InChI=1S/C20H25N5O3S2/c1-5-24-12-16(13(2)22-24)30(27,28)25-10-8-14(11-25)17-15-7-6-9-21-19(15)29-18(17)20(26)23(3)4/h6-7,9,12,14H,5,8,10-11H2,1-4H3/t14-/m0/s1. The van der Waals surface area contributed by atoms with E-state index in [9.17, 15) is 13.2 Å². The topological polar surface area (TPSA) is 88.4 Å². The maximum atomic E-state index is 13.3. The minimum absolute atomic E-state index is 0.0573. The molecule has 8 nitrogen and oxygen atoms in total. The molecule has 160 valence electrons. The van der Waals surface area contributed by atoms with E-state index in [2.05, 4.69) is 10.1 Å². The zero-order valence-electron chi connectivity index (χ0n) is 17.5. The normalized spacial score (nSPS) is 17.7. The van der Waals surface area contributed by atoms with Crippen molar-refractivity contribution < 1.29 is 13.2 Å². The first kappa shape index (κ1) is 21.0. The molecule has 1 amide bonds. The highest BCUT2D eigenvalue weighted by Gasteiger charge is 2.38. The van der Waals surface area contributed by atoms with Crippen molar-refractivity contribution >= 4 is 37.5 Å². The van der Waals surface area contributed by atoms with E-state index < -0.39 is 10.0 Å². The lowest BCUT2D eigenvalue weighted by Gasteiger charge is -2.17. The summed E-state index contributed by atoms with van der Waals surface area (Å²) >= 11 is 1.38. The van der Waals surface area contributed by atoms with Gasteiger partial charge in [-0.15, -0.1) is 11.3 Å². The molecule has 4 rings (SSSR count). The van der Waals surface area contributed by atoms with E-state index in [-0.39, 0.29) is 16.7 Å². The van der Waals surface area contributed by atoms with Crippen LogP contribution in [0, 0.1) is 6.92 Å². The Balaban J connectivity index is 1.71. The fourth-order valence-electron chi connectivity index (χ4n) is 3.95. The monoisotopic (exact) mass is 447 g/mol. The number of rotatable bonds is 5. The number of aryl methyl sites for hydroxylation is 2. The Hall–Kier alpha value is -2.30. The van der Waals surface area contributed by atoms with Crippen LogP contribution < -0.4 is 0 Å². The summed E-state index contributed by atoms with van der Waals surface area (Å²) in [5, 5.41) is 5.22. The molecule has 0 aromatic carbocycles. The number of fused-ring (bicyclic) bond motifs is 1. The molecular weight excluding hydrogens is 422 g/mol. The quantitative estimate of drug-likeness (QED) is 0.600. The molecule has 4 heterocycles. The van der Waals surface area contributed by atoms with Crippen LogP contribution in [0.2, 0.25) is 0 Å². The molecule has 0 saturated carbocycles. The van der Waals surface area contributed by atoms with E-state index in [1.807, 2.05) is 19.1 Å². The second-order valence-corrected chi connectivity index (χ2v) is 10.6. The van der Waals surface area contributed by atoms with E-state index in [4.69, 9.17) is 0 Å². The van der Waals surface area contributed by atoms with Crippen LogP contribution in [0.5, 0.6) is 0 Å². The number of sulfonamides is 1. The van der Waals surface area contributed by atoms with E-state index >= 15 is 0 Å². The summed E-state index contributed by atoms with van der Waals surface area (Å²) in [5.74, 6) is -0.132. The van der Waals surface area contributed by atoms with Gasteiger partial charge in [0.2, 0.25) is 10.0 Å². The maximum Gasteiger partial charge on any atom is 0.263 e. The van der Waals surface area contributed by atoms with Gasteiger partial charge < -0.3 is 4.90 Å². The Bertz CT molecular complexity index is 1210. The van der Waals surface area contributed by atoms with E-state index in [0.29, 0.717) is 36.6 Å². The summed E-state index contributed by atoms with van der Waals surface area (Å²) in [4.78, 5) is 20.5. The van der Waals surface area contributed by atoms with E-state index in [0.717, 1.165) is 15.8 Å². The highest BCUT2D eigenvalue weighted by atomic mass is 32.2. The molecule has 0 radical (unpaired) electrons. The van der Waals surface area contributed by atoms with Gasteiger partial charge >= 0.3 is 0 Å². The first-order valence-electron chi connectivity index (χ1n) is 9.87. The number of hydrogen-bond acceptors (Lipinski definition) is 6. The summed E-state index contributed by atoms with van der Waals surface area (Å²) in [7, 11) is -0.192. The molecule has 0 N–H and O–H groups in total. The van der Waals surface area contributed by atoms with E-state index in [1.54, 1.807) is 43.0 Å². The Morgan fingerprint density at radius 1 is 1.37 bits per heavy atom. The Morgan fingerprint density at radius 2 is 2.13 bits per heavy atom. The Kier molecular flexibility index (Phi) is 5.41. The number of carbonyl (C=O) groups is 1. The molecular formula is C20H25N5O3S2. The van der Waals surface area contributed by atoms with Gasteiger partial charge in [0, 0.05) is 57.4 Å². The summed E-state index contributed by atoms with van der Waals surface area (Å²) in [6.45, 7) is 5.01.